The maximum Gasteiger partial charge on any atom is 0.188 e. The van der Waals surface area contributed by atoms with Crippen LogP contribution in [0.15, 0.2) is 18.2 Å². The summed E-state index contributed by atoms with van der Waals surface area (Å²) in [6.07, 6.45) is 1.36. The van der Waals surface area contributed by atoms with Crippen molar-refractivity contribution in [2.24, 2.45) is 0 Å². The van der Waals surface area contributed by atoms with Gasteiger partial charge in [-0.2, -0.15) is 0 Å². The normalized spacial score (nSPS) is 20.0. The van der Waals surface area contributed by atoms with E-state index in [4.69, 9.17) is 13.8 Å². The third-order valence-electron chi connectivity index (χ3n) is 3.15. The zero-order valence-electron chi connectivity index (χ0n) is 12.1. The first-order valence-electron chi connectivity index (χ1n) is 6.80. The molecule has 1 heterocycles. The van der Waals surface area contributed by atoms with Crippen LogP contribution in [0.5, 0.6) is 5.75 Å². The van der Waals surface area contributed by atoms with Gasteiger partial charge >= 0.3 is 0 Å². The van der Waals surface area contributed by atoms with E-state index in [1.165, 1.54) is 12.1 Å². The molecule has 0 bridgehead atoms. The number of hydrogen-bond acceptors (Lipinski definition) is 5. The molecule has 1 aromatic rings. The lowest BCUT2D eigenvalue weighted by molar-refractivity contribution is 0.0239. The molecule has 0 spiro atoms. The van der Waals surface area contributed by atoms with Crippen molar-refractivity contribution in [1.82, 2.24) is 10.00 Å². The quantitative estimate of drug-likeness (QED) is 0.406. The minimum atomic E-state index is -0.223. The molecule has 21 heavy (non-hydrogen) atoms. The Morgan fingerprint density at radius 3 is 2.95 bits per heavy atom. The summed E-state index contributed by atoms with van der Waals surface area (Å²) in [5, 5.41) is 0. The van der Waals surface area contributed by atoms with Crippen LogP contribution in [-0.2, 0) is 15.5 Å². The predicted octanol–water partition coefficient (Wildman–Crippen LogP) is 0.213. The molecule has 0 fully saturated rings. The lowest BCUT2D eigenvalue weighted by atomic mass is 9.99. The summed E-state index contributed by atoms with van der Waals surface area (Å²) in [4.78, 5) is 5.94. The smallest absolute Gasteiger partial charge is 0.188 e. The van der Waals surface area contributed by atoms with Crippen molar-refractivity contribution in [2.75, 3.05) is 6.61 Å². The highest BCUT2D eigenvalue weighted by molar-refractivity contribution is 7.31. The van der Waals surface area contributed by atoms with Gasteiger partial charge in [0, 0.05) is 0 Å². The van der Waals surface area contributed by atoms with Crippen molar-refractivity contribution in [3.8, 4) is 5.75 Å². The molecular formula is C11H19B2FN2O3P2. The molecule has 10 heteroatoms. The number of fused-ring (bicyclic) bond motifs is 1. The van der Waals surface area contributed by atoms with Crippen LogP contribution in [0.2, 0.25) is 0 Å². The lowest BCUT2D eigenvalue weighted by Gasteiger charge is -2.31. The average molecular weight is 330 g/mol. The van der Waals surface area contributed by atoms with Gasteiger partial charge in [0.1, 0.15) is 23.8 Å². The number of benzene rings is 1. The topological polar surface area (TPSA) is 51.8 Å². The van der Waals surface area contributed by atoms with Gasteiger partial charge in [-0.25, -0.2) is 4.39 Å². The summed E-state index contributed by atoms with van der Waals surface area (Å²) in [6.45, 7) is 0.467. The largest absolute Gasteiger partial charge is 0.487 e. The third kappa shape index (κ3) is 5.17. The van der Waals surface area contributed by atoms with Crippen LogP contribution >= 0.6 is 17.9 Å². The zero-order chi connectivity index (χ0) is 15.1. The van der Waals surface area contributed by atoms with E-state index >= 15 is 0 Å². The Kier molecular flexibility index (Phi) is 7.38. The second-order valence-electron chi connectivity index (χ2n) is 4.62. The fraction of sp³-hybridized carbons (Fsp3) is 0.455. The highest BCUT2D eigenvalue weighted by Crippen LogP contribution is 2.31. The van der Waals surface area contributed by atoms with Crippen LogP contribution in [-0.4, -0.2) is 34.8 Å². The molecule has 4 atom stereocenters. The minimum Gasteiger partial charge on any atom is -0.487 e. The molecular weight excluding hydrogens is 311 g/mol. The van der Waals surface area contributed by atoms with Gasteiger partial charge < -0.3 is 23.8 Å². The van der Waals surface area contributed by atoms with Crippen molar-refractivity contribution >= 4 is 33.9 Å². The van der Waals surface area contributed by atoms with E-state index < -0.39 is 0 Å². The van der Waals surface area contributed by atoms with Crippen molar-refractivity contribution in [1.29, 1.82) is 0 Å². The van der Waals surface area contributed by atoms with Gasteiger partial charge in [-0.3, -0.25) is 0 Å². The summed E-state index contributed by atoms with van der Waals surface area (Å²) in [5.74, 6) is 0.518. The van der Waals surface area contributed by atoms with Crippen molar-refractivity contribution in [3.05, 3.63) is 29.6 Å². The van der Waals surface area contributed by atoms with Crippen molar-refractivity contribution < 1.29 is 18.2 Å². The minimum absolute atomic E-state index is 0.0783. The Bertz CT molecular complexity index is 461. The monoisotopic (exact) mass is 330 g/mol. The number of hydrogen-bond donors (Lipinski definition) is 2. The van der Waals surface area contributed by atoms with Crippen molar-refractivity contribution in [2.45, 2.75) is 25.0 Å². The van der Waals surface area contributed by atoms with Gasteiger partial charge in [0.05, 0.1) is 24.5 Å². The zero-order valence-corrected chi connectivity index (χ0v) is 14.1. The Morgan fingerprint density at radius 1 is 1.38 bits per heavy atom. The predicted molar refractivity (Wildman–Crippen MR) is 90.0 cm³/mol. The molecule has 0 saturated carbocycles. The van der Waals surface area contributed by atoms with Crippen LogP contribution in [0.3, 0.4) is 0 Å². The van der Waals surface area contributed by atoms with E-state index in [1.54, 1.807) is 6.07 Å². The van der Waals surface area contributed by atoms with E-state index in [2.05, 4.69) is 10.00 Å². The maximum atomic E-state index is 13.2. The standard InChI is InChI=1S/C11H19B2FN2O3P2/c12-15-20-17-6-11(19-21-16-13)10-3-1-7-5-8(14)2-4-9(7)18-10/h2,4-5,10-11,15-16,20-21H,1,3,6,12-13H2/t10-,11-/m1/s1. The molecule has 1 aliphatic rings. The molecule has 0 amide bonds. The molecule has 2 unspecified atom stereocenters. The third-order valence-corrected chi connectivity index (χ3v) is 4.29. The molecule has 1 aliphatic heterocycles. The molecule has 1 aromatic carbocycles. The summed E-state index contributed by atoms with van der Waals surface area (Å²) < 4.78 is 30.5. The van der Waals surface area contributed by atoms with Crippen LogP contribution in [0.4, 0.5) is 4.39 Å². The average Bonchev–Trinajstić information content (AvgIpc) is 2.50. The molecule has 5 nitrogen and oxygen atoms in total. The SMILES string of the molecule is BNPOC[C@@H](OPNB)[C@H]1CCc2cc(F)ccc2O1. The molecule has 0 saturated heterocycles. The molecule has 114 valence electrons. The second kappa shape index (κ2) is 9.04. The Labute approximate surface area is 129 Å². The first-order chi connectivity index (χ1) is 10.2. The number of rotatable bonds is 8. The number of ether oxygens (including phenoxy) is 1. The van der Waals surface area contributed by atoms with Crippen LogP contribution in [0.1, 0.15) is 12.0 Å². The molecule has 2 rings (SSSR count). The van der Waals surface area contributed by atoms with E-state index in [0.717, 1.165) is 24.2 Å². The summed E-state index contributed by atoms with van der Waals surface area (Å²) in [6, 6.07) is 4.64. The lowest BCUT2D eigenvalue weighted by Crippen LogP contribution is -2.38. The highest BCUT2D eigenvalue weighted by atomic mass is 31.1. The fourth-order valence-electron chi connectivity index (χ4n) is 2.19. The molecule has 0 aliphatic carbocycles. The van der Waals surface area contributed by atoms with Gasteiger partial charge in [-0.05, 0) is 36.6 Å². The van der Waals surface area contributed by atoms with Gasteiger partial charge in [-0.15, -0.1) is 0 Å². The van der Waals surface area contributed by atoms with Gasteiger partial charge in [0.2, 0.25) is 0 Å². The van der Waals surface area contributed by atoms with E-state index in [1.807, 2.05) is 16.0 Å². The Balaban J connectivity index is 1.98. The van der Waals surface area contributed by atoms with Gasteiger partial charge in [0.25, 0.3) is 0 Å². The Morgan fingerprint density at radius 2 is 2.19 bits per heavy atom. The summed E-state index contributed by atoms with van der Waals surface area (Å²) >= 11 is 0. The first-order valence-corrected chi connectivity index (χ1v) is 8.62. The number of nitrogens with one attached hydrogen (secondary N) is 2. The number of halogens is 1. The highest BCUT2D eigenvalue weighted by Gasteiger charge is 2.29. The molecule has 2 N–H and O–H groups in total. The number of aryl methyl sites for hydroxylation is 1. The van der Waals surface area contributed by atoms with E-state index in [9.17, 15) is 4.39 Å². The van der Waals surface area contributed by atoms with Gasteiger partial charge in [0.15, 0.2) is 16.0 Å². The van der Waals surface area contributed by atoms with Gasteiger partial charge in [-0.1, -0.05) is 0 Å². The maximum absolute atomic E-state index is 13.2. The molecule has 0 aromatic heterocycles. The molecule has 0 radical (unpaired) electrons. The second-order valence-corrected chi connectivity index (χ2v) is 6.55. The van der Waals surface area contributed by atoms with E-state index in [0.29, 0.717) is 6.61 Å². The van der Waals surface area contributed by atoms with Crippen LogP contribution < -0.4 is 14.7 Å². The summed E-state index contributed by atoms with van der Waals surface area (Å²) in [7, 11) is 4.11. The fourth-order valence-corrected chi connectivity index (χ4v) is 3.07. The summed E-state index contributed by atoms with van der Waals surface area (Å²) in [5.41, 5.74) is 0.916. The van der Waals surface area contributed by atoms with Crippen LogP contribution in [0.25, 0.3) is 0 Å². The first kappa shape index (κ1) is 17.1. The Hall–Kier alpha value is -0.220. The van der Waals surface area contributed by atoms with Crippen LogP contribution in [0, 0.1) is 5.82 Å². The van der Waals surface area contributed by atoms with E-state index in [-0.39, 0.29) is 35.9 Å². The van der Waals surface area contributed by atoms with Crippen molar-refractivity contribution in [3.63, 3.8) is 0 Å².